The summed E-state index contributed by atoms with van der Waals surface area (Å²) >= 11 is 0. The third kappa shape index (κ3) is 2.44. The van der Waals surface area contributed by atoms with Gasteiger partial charge in [0.15, 0.2) is 0 Å². The van der Waals surface area contributed by atoms with Gasteiger partial charge in [0, 0.05) is 13.2 Å². The fourth-order valence-corrected chi connectivity index (χ4v) is 7.66. The van der Waals surface area contributed by atoms with Gasteiger partial charge in [0.05, 0.1) is 18.3 Å². The van der Waals surface area contributed by atoms with Crippen LogP contribution in [0.1, 0.15) is 65.2 Å². The minimum Gasteiger partial charge on any atom is -0.390 e. The topological polar surface area (TPSA) is 53.2 Å². The highest BCUT2D eigenvalue weighted by molar-refractivity contribution is 5.28. The largest absolute Gasteiger partial charge is 0.390 e. The first-order valence-corrected chi connectivity index (χ1v) is 10.2. The smallest absolute Gasteiger partial charge is 0.0911 e. The Morgan fingerprint density at radius 2 is 2.00 bits per heavy atom. The average Bonchev–Trinajstić information content (AvgIpc) is 2.92. The van der Waals surface area contributed by atoms with Crippen molar-refractivity contribution in [3.63, 3.8) is 0 Å². The second-order valence-corrected chi connectivity index (χ2v) is 9.73. The lowest BCUT2D eigenvalue weighted by molar-refractivity contribution is -0.161. The van der Waals surface area contributed by atoms with E-state index in [9.17, 15) is 10.4 Å². The maximum absolute atomic E-state index is 10.4. The summed E-state index contributed by atoms with van der Waals surface area (Å²) in [7, 11) is 1.76. The molecule has 0 bridgehead atoms. The van der Waals surface area contributed by atoms with Crippen LogP contribution >= 0.6 is 0 Å². The molecule has 0 amide bonds. The highest BCUT2D eigenvalue weighted by Gasteiger charge is 2.60. The van der Waals surface area contributed by atoms with E-state index in [2.05, 4.69) is 19.9 Å². The second kappa shape index (κ2) is 6.10. The molecule has 4 saturated carbocycles. The molecule has 4 aliphatic rings. The van der Waals surface area contributed by atoms with Gasteiger partial charge in [-0.1, -0.05) is 19.4 Å². The Morgan fingerprint density at radius 1 is 1.20 bits per heavy atom. The fraction of sp³-hybridized carbons (Fsp3) is 0.864. The molecule has 3 heteroatoms. The van der Waals surface area contributed by atoms with Crippen molar-refractivity contribution in [2.45, 2.75) is 77.4 Å². The number of allylic oxidation sites excluding steroid dienone is 2. The molecule has 4 fully saturated rings. The lowest BCUT2D eigenvalue weighted by atomic mass is 9.44. The molecule has 3 nitrogen and oxygen atoms in total. The number of hydrogen-bond donors (Lipinski definition) is 1. The highest BCUT2D eigenvalue weighted by Crippen LogP contribution is 2.67. The molecule has 0 saturated heterocycles. The Labute approximate surface area is 152 Å². The van der Waals surface area contributed by atoms with Crippen LogP contribution in [-0.2, 0) is 4.74 Å². The molecule has 0 aromatic carbocycles. The summed E-state index contributed by atoms with van der Waals surface area (Å²) in [6.07, 6.45) is 11.0. The van der Waals surface area contributed by atoms with E-state index in [1.165, 1.54) is 37.7 Å². The zero-order valence-electron chi connectivity index (χ0n) is 16.0. The molecule has 0 heterocycles. The molecule has 0 aromatic rings. The summed E-state index contributed by atoms with van der Waals surface area (Å²) < 4.78 is 5.66. The standard InChI is InChI=1S/C22H33NO2/c1-21-10-8-18-16(17(21)7-5-14(21)9-11-23)6-4-15-12-19(24)20(25-3)13-22(15,18)2/h9,15-20,24H,4-8,10,12-13H2,1-3H3/b14-9-/t15-,16-,17-,18-,19-,20-,21+,22-/m0/s1. The third-order valence-electron chi connectivity index (χ3n) is 9.05. The van der Waals surface area contributed by atoms with Crippen molar-refractivity contribution in [2.24, 2.45) is 34.5 Å². The lowest BCUT2D eigenvalue weighted by Crippen LogP contribution is -2.56. The highest BCUT2D eigenvalue weighted by atomic mass is 16.5. The van der Waals surface area contributed by atoms with Crippen molar-refractivity contribution < 1.29 is 9.84 Å². The van der Waals surface area contributed by atoms with Crippen molar-refractivity contribution in [1.82, 2.24) is 0 Å². The van der Waals surface area contributed by atoms with Gasteiger partial charge in [0.2, 0.25) is 0 Å². The van der Waals surface area contributed by atoms with Gasteiger partial charge in [-0.2, -0.15) is 5.26 Å². The number of methoxy groups -OCH3 is 1. The first-order chi connectivity index (χ1) is 11.9. The van der Waals surface area contributed by atoms with E-state index in [1.807, 2.05) is 6.08 Å². The van der Waals surface area contributed by atoms with E-state index >= 15 is 0 Å². The zero-order valence-corrected chi connectivity index (χ0v) is 16.0. The number of aliphatic hydroxyl groups is 1. The van der Waals surface area contributed by atoms with Crippen LogP contribution in [0, 0.1) is 45.8 Å². The minimum absolute atomic E-state index is 0.00549. The summed E-state index contributed by atoms with van der Waals surface area (Å²) in [5.41, 5.74) is 1.99. The molecule has 4 rings (SSSR count). The summed E-state index contributed by atoms with van der Waals surface area (Å²) in [5.74, 6) is 2.94. The Kier molecular flexibility index (Phi) is 4.28. The molecule has 8 atom stereocenters. The second-order valence-electron chi connectivity index (χ2n) is 9.73. The molecule has 4 aliphatic carbocycles. The number of aliphatic hydroxyl groups excluding tert-OH is 1. The van der Waals surface area contributed by atoms with Gasteiger partial charge in [0.25, 0.3) is 0 Å². The number of nitrogens with zero attached hydrogens (tertiary/aromatic N) is 1. The summed E-state index contributed by atoms with van der Waals surface area (Å²) in [5, 5.41) is 19.6. The van der Waals surface area contributed by atoms with Crippen molar-refractivity contribution >= 4 is 0 Å². The maximum atomic E-state index is 10.4. The number of fused-ring (bicyclic) bond motifs is 5. The van der Waals surface area contributed by atoms with Crippen molar-refractivity contribution in [2.75, 3.05) is 7.11 Å². The van der Waals surface area contributed by atoms with Crippen LogP contribution in [0.2, 0.25) is 0 Å². The van der Waals surface area contributed by atoms with E-state index in [0.717, 1.165) is 37.0 Å². The van der Waals surface area contributed by atoms with Gasteiger partial charge in [-0.05, 0) is 85.9 Å². The molecule has 1 N–H and O–H groups in total. The predicted molar refractivity (Wildman–Crippen MR) is 97.6 cm³/mol. The van der Waals surface area contributed by atoms with Gasteiger partial charge in [-0.25, -0.2) is 0 Å². The zero-order chi connectivity index (χ0) is 17.8. The molecule has 0 radical (unpaired) electrons. The van der Waals surface area contributed by atoms with Crippen LogP contribution in [0.4, 0.5) is 0 Å². The predicted octanol–water partition coefficient (Wildman–Crippen LogP) is 4.46. The summed E-state index contributed by atoms with van der Waals surface area (Å²) in [6.45, 7) is 4.93. The molecule has 0 unspecified atom stereocenters. The number of nitriles is 1. The summed E-state index contributed by atoms with van der Waals surface area (Å²) in [6, 6.07) is 2.30. The normalized spacial score (nSPS) is 53.6. The Morgan fingerprint density at radius 3 is 2.72 bits per heavy atom. The van der Waals surface area contributed by atoms with Gasteiger partial charge in [0.1, 0.15) is 0 Å². The Bertz CT molecular complexity index is 608. The van der Waals surface area contributed by atoms with Crippen LogP contribution in [0.15, 0.2) is 11.6 Å². The van der Waals surface area contributed by atoms with E-state index < -0.39 is 0 Å². The van der Waals surface area contributed by atoms with E-state index in [4.69, 9.17) is 4.74 Å². The van der Waals surface area contributed by atoms with Gasteiger partial charge in [-0.15, -0.1) is 0 Å². The van der Waals surface area contributed by atoms with Crippen LogP contribution in [0.5, 0.6) is 0 Å². The Balaban J connectivity index is 1.63. The molecule has 138 valence electrons. The molecular formula is C22H33NO2. The summed E-state index contributed by atoms with van der Waals surface area (Å²) in [4.78, 5) is 0. The number of rotatable bonds is 1. The van der Waals surface area contributed by atoms with Crippen LogP contribution in [0.3, 0.4) is 0 Å². The molecule has 0 aromatic heterocycles. The maximum Gasteiger partial charge on any atom is 0.0911 e. The van der Waals surface area contributed by atoms with Crippen LogP contribution in [0.25, 0.3) is 0 Å². The first kappa shape index (κ1) is 17.6. The lowest BCUT2D eigenvalue weighted by Gasteiger charge is -2.61. The number of hydrogen-bond acceptors (Lipinski definition) is 3. The van der Waals surface area contributed by atoms with E-state index in [0.29, 0.717) is 11.3 Å². The average molecular weight is 344 g/mol. The number of ether oxygens (including phenoxy) is 1. The van der Waals surface area contributed by atoms with Crippen molar-refractivity contribution in [1.29, 1.82) is 5.26 Å². The molecule has 25 heavy (non-hydrogen) atoms. The van der Waals surface area contributed by atoms with Gasteiger partial charge in [-0.3, -0.25) is 0 Å². The first-order valence-electron chi connectivity index (χ1n) is 10.2. The monoisotopic (exact) mass is 343 g/mol. The van der Waals surface area contributed by atoms with Crippen molar-refractivity contribution in [3.05, 3.63) is 11.6 Å². The van der Waals surface area contributed by atoms with E-state index in [1.54, 1.807) is 7.11 Å². The molecule has 0 spiro atoms. The van der Waals surface area contributed by atoms with Gasteiger partial charge < -0.3 is 9.84 Å². The quantitative estimate of drug-likeness (QED) is 0.715. The molecule has 0 aliphatic heterocycles. The van der Waals surface area contributed by atoms with Gasteiger partial charge >= 0.3 is 0 Å². The van der Waals surface area contributed by atoms with Crippen LogP contribution in [-0.4, -0.2) is 24.4 Å². The fourth-order valence-electron chi connectivity index (χ4n) is 7.66. The minimum atomic E-state index is -0.287. The third-order valence-corrected chi connectivity index (χ3v) is 9.05. The Hall–Kier alpha value is -0.850. The SMILES string of the molecule is CO[C@H]1C[C@@]2(C)[C@@H](CC[C@@H]3[C@@H]2CC[C@]2(C)/C(=C\C#N)CC[C@@H]32)C[C@@H]1O. The molecular weight excluding hydrogens is 310 g/mol. The van der Waals surface area contributed by atoms with Crippen molar-refractivity contribution in [3.8, 4) is 6.07 Å². The van der Waals surface area contributed by atoms with E-state index in [-0.39, 0.29) is 17.6 Å². The van der Waals surface area contributed by atoms with Crippen LogP contribution < -0.4 is 0 Å².